The summed E-state index contributed by atoms with van der Waals surface area (Å²) < 4.78 is 6.93. The molecule has 0 atom stereocenters. The van der Waals surface area contributed by atoms with Gasteiger partial charge in [0, 0.05) is 5.69 Å². The minimum atomic E-state index is -0.0712. The molecule has 2 heterocycles. The molecule has 1 amide bonds. The van der Waals surface area contributed by atoms with E-state index in [0.717, 1.165) is 35.4 Å². The van der Waals surface area contributed by atoms with Crippen LogP contribution in [0.15, 0.2) is 46.2 Å². The highest BCUT2D eigenvalue weighted by atomic mass is 32.2. The van der Waals surface area contributed by atoms with Crippen molar-refractivity contribution < 1.29 is 9.21 Å². The Hall–Kier alpha value is -2.61. The summed E-state index contributed by atoms with van der Waals surface area (Å²) in [5.41, 5.74) is 3.22. The van der Waals surface area contributed by atoms with Crippen molar-refractivity contribution in [2.24, 2.45) is 0 Å². The van der Waals surface area contributed by atoms with E-state index in [0.29, 0.717) is 11.7 Å². The number of rotatable bonds is 8. The second-order valence-corrected chi connectivity index (χ2v) is 6.64. The first-order valence-electron chi connectivity index (χ1n) is 8.53. The maximum Gasteiger partial charge on any atom is 0.234 e. The van der Waals surface area contributed by atoms with Gasteiger partial charge in [0.15, 0.2) is 0 Å². The molecule has 0 aliphatic rings. The molecule has 0 bridgehead atoms. The van der Waals surface area contributed by atoms with Crippen LogP contribution < -0.4 is 5.32 Å². The highest BCUT2D eigenvalue weighted by molar-refractivity contribution is 7.99. The smallest absolute Gasteiger partial charge is 0.234 e. The summed E-state index contributed by atoms with van der Waals surface area (Å²) in [5, 5.41) is 15.3. The molecule has 3 rings (SSSR count). The maximum absolute atomic E-state index is 12.4. The van der Waals surface area contributed by atoms with Gasteiger partial charge >= 0.3 is 0 Å². The maximum atomic E-state index is 12.4. The van der Waals surface area contributed by atoms with E-state index in [-0.39, 0.29) is 11.7 Å². The van der Waals surface area contributed by atoms with Crippen molar-refractivity contribution in [2.75, 3.05) is 11.1 Å². The lowest BCUT2D eigenvalue weighted by Crippen LogP contribution is -2.17. The summed E-state index contributed by atoms with van der Waals surface area (Å²) in [5.74, 6) is 0.922. The lowest BCUT2D eigenvalue weighted by Gasteiger charge is -2.14. The third-order valence-electron chi connectivity index (χ3n) is 3.98. The fourth-order valence-corrected chi connectivity index (χ4v) is 3.33. The number of carbonyl (C=O) groups excluding carboxylic acids is 1. The molecule has 0 radical (unpaired) electrons. The SMILES string of the molecule is CCc1cccc(CC)c1NC(=O)CSc1nnnn1Cc1ccco1. The topological polar surface area (TPSA) is 85.8 Å². The Morgan fingerprint density at radius 3 is 2.62 bits per heavy atom. The van der Waals surface area contributed by atoms with Crippen LogP contribution in [-0.4, -0.2) is 31.9 Å². The molecule has 1 aromatic carbocycles. The fraction of sp³-hybridized carbons (Fsp3) is 0.333. The Balaban J connectivity index is 1.63. The van der Waals surface area contributed by atoms with Crippen LogP contribution in [0.2, 0.25) is 0 Å². The summed E-state index contributed by atoms with van der Waals surface area (Å²) in [7, 11) is 0. The van der Waals surface area contributed by atoms with Crippen molar-refractivity contribution in [2.45, 2.75) is 38.4 Å². The van der Waals surface area contributed by atoms with Crippen molar-refractivity contribution in [1.29, 1.82) is 0 Å². The minimum absolute atomic E-state index is 0.0712. The molecular weight excluding hydrogens is 350 g/mol. The van der Waals surface area contributed by atoms with Crippen molar-refractivity contribution in [3.8, 4) is 0 Å². The van der Waals surface area contributed by atoms with Gasteiger partial charge < -0.3 is 9.73 Å². The van der Waals surface area contributed by atoms with Gasteiger partial charge in [0.2, 0.25) is 11.1 Å². The lowest BCUT2D eigenvalue weighted by atomic mass is 10.0. The number of aryl methyl sites for hydroxylation is 2. The number of furan rings is 1. The first-order valence-corrected chi connectivity index (χ1v) is 9.51. The average molecular weight is 371 g/mol. The average Bonchev–Trinajstić information content (AvgIpc) is 3.32. The van der Waals surface area contributed by atoms with E-state index >= 15 is 0 Å². The molecule has 0 saturated heterocycles. The summed E-state index contributed by atoms with van der Waals surface area (Å²) in [4.78, 5) is 12.4. The van der Waals surface area contributed by atoms with Crippen molar-refractivity contribution in [3.63, 3.8) is 0 Å². The van der Waals surface area contributed by atoms with E-state index in [1.165, 1.54) is 11.8 Å². The number of nitrogens with one attached hydrogen (secondary N) is 1. The van der Waals surface area contributed by atoms with E-state index < -0.39 is 0 Å². The predicted octanol–water partition coefficient (Wildman–Crippen LogP) is 3.17. The Kier molecular flexibility index (Phi) is 6.06. The minimum Gasteiger partial charge on any atom is -0.467 e. The van der Waals surface area contributed by atoms with E-state index in [4.69, 9.17) is 4.42 Å². The van der Waals surface area contributed by atoms with Crippen molar-refractivity contribution in [1.82, 2.24) is 20.2 Å². The quantitative estimate of drug-likeness (QED) is 0.612. The molecule has 0 spiro atoms. The van der Waals surface area contributed by atoms with Gasteiger partial charge in [-0.25, -0.2) is 4.68 Å². The molecule has 0 aliphatic heterocycles. The van der Waals surface area contributed by atoms with E-state index in [1.807, 2.05) is 30.3 Å². The van der Waals surface area contributed by atoms with E-state index in [2.05, 4.69) is 34.7 Å². The molecule has 2 aromatic heterocycles. The molecule has 0 unspecified atom stereocenters. The third kappa shape index (κ3) is 4.32. The number of hydrogen-bond acceptors (Lipinski definition) is 6. The zero-order valence-corrected chi connectivity index (χ0v) is 15.6. The van der Waals surface area contributed by atoms with Crippen molar-refractivity contribution in [3.05, 3.63) is 53.5 Å². The normalized spacial score (nSPS) is 10.8. The number of aromatic nitrogens is 4. The Morgan fingerprint density at radius 1 is 1.19 bits per heavy atom. The van der Waals surface area contributed by atoms with Gasteiger partial charge in [-0.2, -0.15) is 0 Å². The monoisotopic (exact) mass is 371 g/mol. The largest absolute Gasteiger partial charge is 0.467 e. The second kappa shape index (κ2) is 8.66. The van der Waals surface area contributed by atoms with Gasteiger partial charge in [0.05, 0.1) is 12.0 Å². The van der Waals surface area contributed by atoms with Crippen LogP contribution in [0.3, 0.4) is 0 Å². The van der Waals surface area contributed by atoms with Gasteiger partial charge in [-0.05, 0) is 46.5 Å². The number of hydrogen-bond donors (Lipinski definition) is 1. The fourth-order valence-electron chi connectivity index (χ4n) is 2.66. The highest BCUT2D eigenvalue weighted by Gasteiger charge is 2.14. The number of nitrogens with zero attached hydrogens (tertiary/aromatic N) is 4. The molecule has 26 heavy (non-hydrogen) atoms. The molecule has 0 saturated carbocycles. The summed E-state index contributed by atoms with van der Waals surface area (Å²) >= 11 is 1.30. The first kappa shape index (κ1) is 18.2. The Bertz CT molecular complexity index is 838. The molecule has 8 heteroatoms. The summed E-state index contributed by atoms with van der Waals surface area (Å²) in [6.45, 7) is 4.60. The van der Waals surface area contributed by atoms with Crippen LogP contribution in [0.4, 0.5) is 5.69 Å². The third-order valence-corrected chi connectivity index (χ3v) is 4.94. The Morgan fingerprint density at radius 2 is 1.96 bits per heavy atom. The first-order chi connectivity index (χ1) is 12.7. The second-order valence-electron chi connectivity index (χ2n) is 5.69. The van der Waals surface area contributed by atoms with Crippen LogP contribution in [0, 0.1) is 0 Å². The summed E-state index contributed by atoms with van der Waals surface area (Å²) in [6.07, 6.45) is 3.35. The standard InChI is InChI=1S/C18H21N5O2S/c1-3-13-7-5-8-14(4-2)17(13)19-16(24)12-26-18-20-21-22-23(18)11-15-9-6-10-25-15/h5-10H,3-4,11-12H2,1-2H3,(H,19,24). The highest BCUT2D eigenvalue weighted by Crippen LogP contribution is 2.23. The molecule has 0 aliphatic carbocycles. The lowest BCUT2D eigenvalue weighted by molar-refractivity contribution is -0.113. The van der Waals surface area contributed by atoms with Gasteiger partial charge in [0.1, 0.15) is 12.3 Å². The number of thioether (sulfide) groups is 1. The molecule has 136 valence electrons. The number of carbonyl (C=O) groups is 1. The number of para-hydroxylation sites is 1. The Labute approximate surface area is 156 Å². The number of tetrazole rings is 1. The van der Waals surface area contributed by atoms with Crippen LogP contribution in [0.5, 0.6) is 0 Å². The number of anilines is 1. The van der Waals surface area contributed by atoms with Gasteiger partial charge in [-0.3, -0.25) is 4.79 Å². The predicted molar refractivity (Wildman–Crippen MR) is 100 cm³/mol. The van der Waals surface area contributed by atoms with Crippen LogP contribution in [0.25, 0.3) is 0 Å². The van der Waals surface area contributed by atoms with Gasteiger partial charge in [-0.1, -0.05) is 43.8 Å². The number of amides is 1. The molecule has 3 aromatic rings. The van der Waals surface area contributed by atoms with E-state index in [1.54, 1.807) is 10.9 Å². The van der Waals surface area contributed by atoms with Crippen LogP contribution in [-0.2, 0) is 24.2 Å². The van der Waals surface area contributed by atoms with E-state index in [9.17, 15) is 4.79 Å². The van der Waals surface area contributed by atoms with Gasteiger partial charge in [0.25, 0.3) is 0 Å². The molecule has 7 nitrogen and oxygen atoms in total. The number of benzene rings is 1. The summed E-state index contributed by atoms with van der Waals surface area (Å²) in [6, 6.07) is 9.80. The van der Waals surface area contributed by atoms with Crippen LogP contribution in [0.1, 0.15) is 30.7 Å². The molecule has 1 N–H and O–H groups in total. The zero-order valence-electron chi connectivity index (χ0n) is 14.8. The molecule has 0 fully saturated rings. The molecular formula is C18H21N5O2S. The van der Waals surface area contributed by atoms with Gasteiger partial charge in [-0.15, -0.1) is 5.10 Å². The van der Waals surface area contributed by atoms with Crippen LogP contribution >= 0.6 is 11.8 Å². The zero-order chi connectivity index (χ0) is 18.4. The van der Waals surface area contributed by atoms with Crippen molar-refractivity contribution >= 4 is 23.4 Å².